The number of alkyl halides is 2. The fourth-order valence-electron chi connectivity index (χ4n) is 1.61. The van der Waals surface area contributed by atoms with Gasteiger partial charge in [-0.2, -0.15) is 0 Å². The summed E-state index contributed by atoms with van der Waals surface area (Å²) in [4.78, 5) is 0. The van der Waals surface area contributed by atoms with E-state index in [-0.39, 0.29) is 0 Å². The molecule has 16 heavy (non-hydrogen) atoms. The van der Waals surface area contributed by atoms with Crippen LogP contribution in [-0.2, 0) is 5.54 Å². The molecule has 0 radical (unpaired) electrons. The van der Waals surface area contributed by atoms with E-state index < -0.39 is 12.0 Å². The molecule has 0 heterocycles. The highest BCUT2D eigenvalue weighted by Crippen LogP contribution is 2.29. The molecule has 4 heteroatoms. The first kappa shape index (κ1) is 12.9. The molecule has 0 fully saturated rings. The van der Waals surface area contributed by atoms with Gasteiger partial charge in [-0.25, -0.2) is 8.78 Å². The van der Waals surface area contributed by atoms with Gasteiger partial charge in [0.05, 0.1) is 12.1 Å². The first-order valence-electron chi connectivity index (χ1n) is 5.20. The van der Waals surface area contributed by atoms with E-state index in [4.69, 9.17) is 10.5 Å². The SMILES string of the molecule is CCOc1ccc(C(C)(N)C(F)F)c(C)c1. The second kappa shape index (κ2) is 4.78. The topological polar surface area (TPSA) is 35.2 Å². The number of hydrogen-bond acceptors (Lipinski definition) is 2. The van der Waals surface area contributed by atoms with Crippen molar-refractivity contribution in [3.8, 4) is 5.75 Å². The summed E-state index contributed by atoms with van der Waals surface area (Å²) < 4.78 is 30.8. The van der Waals surface area contributed by atoms with Gasteiger partial charge in [0.1, 0.15) is 5.75 Å². The summed E-state index contributed by atoms with van der Waals surface area (Å²) in [5.74, 6) is 0.675. The van der Waals surface area contributed by atoms with E-state index >= 15 is 0 Å². The summed E-state index contributed by atoms with van der Waals surface area (Å²) in [6.07, 6.45) is -2.59. The van der Waals surface area contributed by atoms with E-state index in [0.29, 0.717) is 17.9 Å². The van der Waals surface area contributed by atoms with E-state index in [1.807, 2.05) is 6.92 Å². The van der Waals surface area contributed by atoms with Gasteiger partial charge in [-0.15, -0.1) is 0 Å². The van der Waals surface area contributed by atoms with Crippen LogP contribution in [0.15, 0.2) is 18.2 Å². The molecule has 1 unspecified atom stereocenters. The van der Waals surface area contributed by atoms with E-state index in [0.717, 1.165) is 5.56 Å². The molecule has 0 amide bonds. The van der Waals surface area contributed by atoms with E-state index in [1.165, 1.54) is 6.92 Å². The minimum Gasteiger partial charge on any atom is -0.494 e. The predicted octanol–water partition coefficient (Wildman–Crippen LogP) is 2.83. The van der Waals surface area contributed by atoms with Gasteiger partial charge in [-0.3, -0.25) is 0 Å². The highest BCUT2D eigenvalue weighted by Gasteiger charge is 2.33. The van der Waals surface area contributed by atoms with Crippen LogP contribution in [0.1, 0.15) is 25.0 Å². The van der Waals surface area contributed by atoms with Gasteiger partial charge in [-0.05, 0) is 44.0 Å². The van der Waals surface area contributed by atoms with Crippen molar-refractivity contribution in [2.45, 2.75) is 32.7 Å². The molecule has 2 nitrogen and oxygen atoms in total. The molecule has 1 aromatic carbocycles. The molecule has 1 atom stereocenters. The van der Waals surface area contributed by atoms with Crippen LogP contribution >= 0.6 is 0 Å². The van der Waals surface area contributed by atoms with Crippen LogP contribution in [-0.4, -0.2) is 13.0 Å². The maximum Gasteiger partial charge on any atom is 0.260 e. The number of benzene rings is 1. The minimum absolute atomic E-state index is 0.450. The fraction of sp³-hybridized carbons (Fsp3) is 0.500. The van der Waals surface area contributed by atoms with Crippen molar-refractivity contribution in [3.63, 3.8) is 0 Å². The molecule has 0 spiro atoms. The third-order valence-corrected chi connectivity index (χ3v) is 2.54. The number of halogens is 2. The van der Waals surface area contributed by atoms with Crippen molar-refractivity contribution in [1.29, 1.82) is 0 Å². The second-order valence-corrected chi connectivity index (χ2v) is 3.99. The van der Waals surface area contributed by atoms with Crippen molar-refractivity contribution in [2.75, 3.05) is 6.61 Å². The second-order valence-electron chi connectivity index (χ2n) is 3.99. The Balaban J connectivity index is 3.08. The van der Waals surface area contributed by atoms with Crippen LogP contribution in [0.2, 0.25) is 0 Å². The first-order chi connectivity index (χ1) is 7.39. The van der Waals surface area contributed by atoms with Gasteiger partial charge < -0.3 is 10.5 Å². The van der Waals surface area contributed by atoms with Crippen LogP contribution in [0.25, 0.3) is 0 Å². The lowest BCUT2D eigenvalue weighted by Crippen LogP contribution is -2.41. The lowest BCUT2D eigenvalue weighted by atomic mass is 9.90. The molecule has 1 rings (SSSR count). The molecule has 0 saturated heterocycles. The van der Waals surface area contributed by atoms with Crippen molar-refractivity contribution in [2.24, 2.45) is 5.73 Å². The summed E-state index contributed by atoms with van der Waals surface area (Å²) in [5.41, 5.74) is 5.17. The molecular weight excluding hydrogens is 212 g/mol. The maximum atomic E-state index is 12.8. The van der Waals surface area contributed by atoms with E-state index in [2.05, 4.69) is 0 Å². The van der Waals surface area contributed by atoms with Crippen molar-refractivity contribution in [1.82, 2.24) is 0 Å². The Morgan fingerprint density at radius 1 is 1.44 bits per heavy atom. The highest BCUT2D eigenvalue weighted by molar-refractivity contribution is 5.39. The summed E-state index contributed by atoms with van der Waals surface area (Å²) in [6, 6.07) is 5.00. The van der Waals surface area contributed by atoms with E-state index in [1.54, 1.807) is 25.1 Å². The zero-order chi connectivity index (χ0) is 12.3. The molecule has 90 valence electrons. The Kier molecular flexibility index (Phi) is 3.86. The zero-order valence-corrected chi connectivity index (χ0v) is 9.76. The molecule has 0 aromatic heterocycles. The summed E-state index contributed by atoms with van der Waals surface area (Å²) in [6.45, 7) is 5.51. The van der Waals surface area contributed by atoms with Gasteiger partial charge in [0, 0.05) is 0 Å². The first-order valence-corrected chi connectivity index (χ1v) is 5.20. The molecule has 0 aliphatic heterocycles. The van der Waals surface area contributed by atoms with Crippen LogP contribution in [0, 0.1) is 6.92 Å². The van der Waals surface area contributed by atoms with Crippen molar-refractivity contribution in [3.05, 3.63) is 29.3 Å². The lowest BCUT2D eigenvalue weighted by molar-refractivity contribution is 0.0621. The van der Waals surface area contributed by atoms with Crippen LogP contribution in [0.3, 0.4) is 0 Å². The molecule has 1 aromatic rings. The number of ether oxygens (including phenoxy) is 1. The molecule has 0 aliphatic rings. The lowest BCUT2D eigenvalue weighted by Gasteiger charge is -2.26. The quantitative estimate of drug-likeness (QED) is 0.861. The summed E-state index contributed by atoms with van der Waals surface area (Å²) in [7, 11) is 0. The van der Waals surface area contributed by atoms with Crippen LogP contribution < -0.4 is 10.5 Å². The minimum atomic E-state index is -2.59. The summed E-state index contributed by atoms with van der Waals surface area (Å²) in [5, 5.41) is 0. The van der Waals surface area contributed by atoms with Gasteiger partial charge in [0.15, 0.2) is 0 Å². The number of aryl methyl sites for hydroxylation is 1. The molecule has 0 aliphatic carbocycles. The third-order valence-electron chi connectivity index (χ3n) is 2.54. The zero-order valence-electron chi connectivity index (χ0n) is 9.76. The number of rotatable bonds is 4. The third kappa shape index (κ3) is 2.50. The van der Waals surface area contributed by atoms with Gasteiger partial charge in [0.25, 0.3) is 6.43 Å². The standard InChI is InChI=1S/C12H17F2NO/c1-4-16-9-5-6-10(8(2)7-9)12(3,15)11(13)14/h5-7,11H,4,15H2,1-3H3. The average Bonchev–Trinajstić information content (AvgIpc) is 2.17. The predicted molar refractivity (Wildman–Crippen MR) is 59.9 cm³/mol. The summed E-state index contributed by atoms with van der Waals surface area (Å²) >= 11 is 0. The Hall–Kier alpha value is -1.16. The fourth-order valence-corrected chi connectivity index (χ4v) is 1.61. The smallest absolute Gasteiger partial charge is 0.260 e. The monoisotopic (exact) mass is 229 g/mol. The number of nitrogens with two attached hydrogens (primary N) is 1. The molecular formula is C12H17F2NO. The Labute approximate surface area is 94.4 Å². The van der Waals surface area contributed by atoms with Gasteiger partial charge >= 0.3 is 0 Å². The van der Waals surface area contributed by atoms with Crippen molar-refractivity contribution >= 4 is 0 Å². The Morgan fingerprint density at radius 2 is 2.06 bits per heavy atom. The Bertz CT molecular complexity index is 364. The van der Waals surface area contributed by atoms with Gasteiger partial charge in [0.2, 0.25) is 0 Å². The van der Waals surface area contributed by atoms with E-state index in [9.17, 15) is 8.78 Å². The van der Waals surface area contributed by atoms with Crippen LogP contribution in [0.5, 0.6) is 5.75 Å². The largest absolute Gasteiger partial charge is 0.494 e. The molecule has 0 saturated carbocycles. The average molecular weight is 229 g/mol. The highest BCUT2D eigenvalue weighted by atomic mass is 19.3. The molecule has 2 N–H and O–H groups in total. The van der Waals surface area contributed by atoms with Gasteiger partial charge in [-0.1, -0.05) is 6.07 Å². The molecule has 0 bridgehead atoms. The maximum absolute atomic E-state index is 12.8. The number of hydrogen-bond donors (Lipinski definition) is 1. The normalized spacial score (nSPS) is 14.9. The van der Waals surface area contributed by atoms with Crippen molar-refractivity contribution < 1.29 is 13.5 Å². The van der Waals surface area contributed by atoms with Crippen LogP contribution in [0.4, 0.5) is 8.78 Å². The Morgan fingerprint density at radius 3 is 2.50 bits per heavy atom.